The van der Waals surface area contributed by atoms with Crippen LogP contribution < -0.4 is 10.3 Å². The van der Waals surface area contributed by atoms with Gasteiger partial charge in [0.05, 0.1) is 11.8 Å². The summed E-state index contributed by atoms with van der Waals surface area (Å²) in [6.45, 7) is 6.21. The van der Waals surface area contributed by atoms with Crippen LogP contribution in [0.1, 0.15) is 42.3 Å². The highest BCUT2D eigenvalue weighted by Crippen LogP contribution is 2.38. The molecule has 152 valence electrons. The Kier molecular flexibility index (Phi) is 4.90. The van der Waals surface area contributed by atoms with E-state index in [2.05, 4.69) is 35.4 Å². The molecule has 0 saturated heterocycles. The number of hydrogen-bond donors (Lipinski definition) is 1. The normalized spacial score (nSPS) is 15.2. The maximum atomic E-state index is 14.7. The van der Waals surface area contributed by atoms with Crippen LogP contribution in [-0.2, 0) is 0 Å². The third kappa shape index (κ3) is 3.59. The number of likely N-dealkylation sites (N-methyl/N-ethyl adjacent to an activating group) is 1. The molecule has 4 rings (SSSR count). The second-order valence-electron chi connectivity index (χ2n) is 8.19. The van der Waals surface area contributed by atoms with Crippen molar-refractivity contribution in [1.82, 2.24) is 5.43 Å². The second kappa shape index (κ2) is 7.41. The summed E-state index contributed by atoms with van der Waals surface area (Å²) in [6, 6.07) is 16.6. The van der Waals surface area contributed by atoms with Gasteiger partial charge in [-0.05, 0) is 61.4 Å². The maximum absolute atomic E-state index is 14.7. The minimum absolute atomic E-state index is 0.188. The molecule has 1 aliphatic heterocycles. The van der Waals surface area contributed by atoms with Gasteiger partial charge in [-0.2, -0.15) is 5.10 Å². The monoisotopic (exact) mass is 401 g/mol. The fourth-order valence-corrected chi connectivity index (χ4v) is 3.84. The fourth-order valence-electron chi connectivity index (χ4n) is 3.84. The van der Waals surface area contributed by atoms with Gasteiger partial charge in [0, 0.05) is 29.4 Å². The number of hydrogen-bond acceptors (Lipinski definition) is 3. The van der Waals surface area contributed by atoms with E-state index < -0.39 is 0 Å². The Labute approximate surface area is 175 Å². The number of anilines is 1. The Morgan fingerprint density at radius 1 is 1.10 bits per heavy atom. The fraction of sp³-hybridized carbons (Fsp3) is 0.200. The van der Waals surface area contributed by atoms with E-state index in [4.69, 9.17) is 0 Å². The zero-order valence-electron chi connectivity index (χ0n) is 17.5. The van der Waals surface area contributed by atoms with Crippen molar-refractivity contribution in [3.8, 4) is 0 Å². The van der Waals surface area contributed by atoms with Gasteiger partial charge in [0.1, 0.15) is 5.82 Å². The molecule has 3 aromatic carbocycles. The smallest absolute Gasteiger partial charge is 0.271 e. The Hall–Kier alpha value is -3.47. The highest BCUT2D eigenvalue weighted by atomic mass is 19.1. The molecule has 5 heteroatoms. The number of hydrazone groups is 1. The van der Waals surface area contributed by atoms with E-state index in [0.29, 0.717) is 11.1 Å². The SMILES string of the molecule is CC1=CC(C)(C)N(C)c2cc(F)c(/C=N\NC(=O)c3ccc4ccccc4c3)cc21. The summed E-state index contributed by atoms with van der Waals surface area (Å²) in [6.07, 6.45) is 3.51. The first-order chi connectivity index (χ1) is 14.3. The Morgan fingerprint density at radius 3 is 2.60 bits per heavy atom. The number of fused-ring (bicyclic) bond motifs is 2. The number of halogens is 1. The molecule has 1 aliphatic rings. The molecular formula is C25H24FN3O. The first-order valence-electron chi connectivity index (χ1n) is 9.86. The summed E-state index contributed by atoms with van der Waals surface area (Å²) < 4.78 is 14.7. The van der Waals surface area contributed by atoms with Crippen molar-refractivity contribution >= 4 is 34.2 Å². The van der Waals surface area contributed by atoms with E-state index in [-0.39, 0.29) is 17.3 Å². The Balaban J connectivity index is 1.55. The molecule has 0 unspecified atom stereocenters. The molecule has 0 spiro atoms. The summed E-state index contributed by atoms with van der Waals surface area (Å²) in [5.41, 5.74) is 6.02. The van der Waals surface area contributed by atoms with Crippen LogP contribution in [0.5, 0.6) is 0 Å². The topological polar surface area (TPSA) is 44.7 Å². The van der Waals surface area contributed by atoms with E-state index in [0.717, 1.165) is 27.6 Å². The predicted molar refractivity (Wildman–Crippen MR) is 122 cm³/mol. The van der Waals surface area contributed by atoms with Gasteiger partial charge in [-0.15, -0.1) is 0 Å². The van der Waals surface area contributed by atoms with Crippen molar-refractivity contribution in [3.05, 3.63) is 83.2 Å². The van der Waals surface area contributed by atoms with E-state index in [1.54, 1.807) is 12.1 Å². The molecule has 0 aromatic heterocycles. The van der Waals surface area contributed by atoms with Crippen LogP contribution in [-0.4, -0.2) is 24.7 Å². The van der Waals surface area contributed by atoms with Crippen molar-refractivity contribution < 1.29 is 9.18 Å². The lowest BCUT2D eigenvalue weighted by atomic mass is 9.88. The van der Waals surface area contributed by atoms with Gasteiger partial charge in [0.25, 0.3) is 5.91 Å². The lowest BCUT2D eigenvalue weighted by molar-refractivity contribution is 0.0955. The van der Waals surface area contributed by atoms with E-state index in [1.165, 1.54) is 12.3 Å². The second-order valence-corrected chi connectivity index (χ2v) is 8.19. The minimum atomic E-state index is -0.380. The van der Waals surface area contributed by atoms with Crippen molar-refractivity contribution in [1.29, 1.82) is 0 Å². The van der Waals surface area contributed by atoms with Crippen LogP contribution in [0, 0.1) is 5.82 Å². The maximum Gasteiger partial charge on any atom is 0.271 e. The van der Waals surface area contributed by atoms with Crippen molar-refractivity contribution in [2.24, 2.45) is 5.10 Å². The molecule has 0 radical (unpaired) electrons. The van der Waals surface area contributed by atoms with Crippen molar-refractivity contribution in [2.75, 3.05) is 11.9 Å². The zero-order valence-corrected chi connectivity index (χ0v) is 17.5. The van der Waals surface area contributed by atoms with Gasteiger partial charge in [-0.25, -0.2) is 9.82 Å². The highest BCUT2D eigenvalue weighted by molar-refractivity contribution is 5.99. The number of carbonyl (C=O) groups excluding carboxylic acids is 1. The lowest BCUT2D eigenvalue weighted by Crippen LogP contribution is -2.42. The number of amides is 1. The molecule has 1 heterocycles. The largest absolute Gasteiger partial charge is 0.365 e. The van der Waals surface area contributed by atoms with E-state index in [1.807, 2.05) is 50.4 Å². The molecule has 30 heavy (non-hydrogen) atoms. The van der Waals surface area contributed by atoms with Crippen molar-refractivity contribution in [2.45, 2.75) is 26.3 Å². The molecule has 0 aliphatic carbocycles. The molecule has 0 bridgehead atoms. The molecule has 0 saturated carbocycles. The van der Waals surface area contributed by atoms with Gasteiger partial charge in [-0.1, -0.05) is 36.4 Å². The summed E-state index contributed by atoms with van der Waals surface area (Å²) >= 11 is 0. The molecule has 1 amide bonds. The van der Waals surface area contributed by atoms with Crippen LogP contribution in [0.15, 0.2) is 65.8 Å². The molecule has 0 fully saturated rings. The predicted octanol–water partition coefficient (Wildman–Crippen LogP) is 5.37. The Bertz CT molecular complexity index is 1210. The molecule has 3 aromatic rings. The standard InChI is InChI=1S/C25H24FN3O/c1-16-14-25(2,3)29(4)23-13-22(26)20(12-21(16)23)15-27-28-24(30)19-10-9-17-7-5-6-8-18(17)11-19/h5-15H,1-4H3,(H,28,30)/b27-15-. The third-order valence-electron chi connectivity index (χ3n) is 5.72. The lowest BCUT2D eigenvalue weighted by Gasteiger charge is -2.40. The summed E-state index contributed by atoms with van der Waals surface area (Å²) in [5, 5.41) is 6.02. The summed E-state index contributed by atoms with van der Waals surface area (Å²) in [4.78, 5) is 14.5. The Morgan fingerprint density at radius 2 is 1.83 bits per heavy atom. The van der Waals surface area contributed by atoms with Gasteiger partial charge in [0.2, 0.25) is 0 Å². The number of rotatable bonds is 3. The zero-order chi connectivity index (χ0) is 21.5. The van der Waals surface area contributed by atoms with Crippen molar-refractivity contribution in [3.63, 3.8) is 0 Å². The number of allylic oxidation sites excluding steroid dienone is 1. The number of benzene rings is 3. The summed E-state index contributed by atoms with van der Waals surface area (Å²) in [7, 11) is 1.96. The highest BCUT2D eigenvalue weighted by Gasteiger charge is 2.29. The van der Waals surface area contributed by atoms with E-state index in [9.17, 15) is 9.18 Å². The van der Waals surface area contributed by atoms with Crippen LogP contribution in [0.4, 0.5) is 10.1 Å². The third-order valence-corrected chi connectivity index (χ3v) is 5.72. The summed E-state index contributed by atoms with van der Waals surface area (Å²) in [5.74, 6) is -0.720. The number of carbonyl (C=O) groups is 1. The quantitative estimate of drug-likeness (QED) is 0.473. The molecule has 1 N–H and O–H groups in total. The first-order valence-corrected chi connectivity index (χ1v) is 9.86. The number of nitrogens with zero attached hydrogens (tertiary/aromatic N) is 2. The first kappa shape index (κ1) is 19.8. The van der Waals surface area contributed by atoms with Crippen LogP contribution in [0.25, 0.3) is 16.3 Å². The molecule has 0 atom stereocenters. The van der Waals surface area contributed by atoms with Crippen LogP contribution >= 0.6 is 0 Å². The van der Waals surface area contributed by atoms with Gasteiger partial charge < -0.3 is 4.90 Å². The van der Waals surface area contributed by atoms with Crippen LogP contribution in [0.2, 0.25) is 0 Å². The number of nitrogens with one attached hydrogen (secondary N) is 1. The molecular weight excluding hydrogens is 377 g/mol. The molecule has 4 nitrogen and oxygen atoms in total. The van der Waals surface area contributed by atoms with Gasteiger partial charge in [0.15, 0.2) is 0 Å². The minimum Gasteiger partial charge on any atom is -0.365 e. The van der Waals surface area contributed by atoms with Gasteiger partial charge >= 0.3 is 0 Å². The van der Waals surface area contributed by atoms with Gasteiger partial charge in [-0.3, -0.25) is 4.79 Å². The average molecular weight is 401 g/mol. The van der Waals surface area contributed by atoms with E-state index >= 15 is 0 Å². The average Bonchev–Trinajstić information content (AvgIpc) is 2.72. The van der Waals surface area contributed by atoms with Crippen LogP contribution in [0.3, 0.4) is 0 Å².